The molecule has 7 atom stereocenters. The molecule has 7 nitrogen and oxygen atoms in total. The lowest BCUT2D eigenvalue weighted by Gasteiger charge is -2.37. The van der Waals surface area contributed by atoms with E-state index >= 15 is 0 Å². The van der Waals surface area contributed by atoms with Gasteiger partial charge in [-0.1, -0.05) is 42.5 Å². The van der Waals surface area contributed by atoms with Crippen molar-refractivity contribution in [2.75, 3.05) is 11.9 Å². The van der Waals surface area contributed by atoms with Gasteiger partial charge in [0.05, 0.1) is 24.0 Å². The molecule has 7 rings (SSSR count). The van der Waals surface area contributed by atoms with Gasteiger partial charge in [-0.3, -0.25) is 19.3 Å². The lowest BCUT2D eigenvalue weighted by molar-refractivity contribution is -0.146. The Bertz CT molecular complexity index is 1220. The zero-order valence-electron chi connectivity index (χ0n) is 20.0. The quantitative estimate of drug-likeness (QED) is 0.369. The fourth-order valence-electron chi connectivity index (χ4n) is 6.56. The van der Waals surface area contributed by atoms with Gasteiger partial charge in [0.1, 0.15) is 6.04 Å². The number of esters is 1. The molecule has 184 valence electrons. The third-order valence-electron chi connectivity index (χ3n) is 8.25. The number of nitrogens with one attached hydrogen (secondary N) is 1. The largest absolute Gasteiger partial charge is 0.462 e. The van der Waals surface area contributed by atoms with Crippen LogP contribution in [0.1, 0.15) is 29.3 Å². The van der Waals surface area contributed by atoms with Crippen LogP contribution >= 0.6 is 0 Å². The van der Waals surface area contributed by atoms with Crippen molar-refractivity contribution in [2.45, 2.75) is 25.8 Å². The predicted octanol–water partition coefficient (Wildman–Crippen LogP) is 3.47. The molecule has 2 bridgehead atoms. The minimum Gasteiger partial charge on any atom is -0.462 e. The minimum atomic E-state index is -0.960. The van der Waals surface area contributed by atoms with Crippen LogP contribution in [0.15, 0.2) is 66.7 Å². The number of nitrogens with zero attached hydrogens (tertiary/aromatic N) is 1. The van der Waals surface area contributed by atoms with Crippen LogP contribution in [-0.4, -0.2) is 41.2 Å². The Balaban J connectivity index is 1.27. The van der Waals surface area contributed by atoms with Crippen molar-refractivity contribution in [3.8, 4) is 0 Å². The Morgan fingerprint density at radius 2 is 1.56 bits per heavy atom. The summed E-state index contributed by atoms with van der Waals surface area (Å²) in [5.74, 6) is -0.813. The van der Waals surface area contributed by atoms with Crippen molar-refractivity contribution in [2.24, 2.45) is 35.5 Å². The van der Waals surface area contributed by atoms with Crippen molar-refractivity contribution >= 4 is 29.4 Å². The van der Waals surface area contributed by atoms with E-state index in [1.165, 1.54) is 4.90 Å². The summed E-state index contributed by atoms with van der Waals surface area (Å²) >= 11 is 0. The molecule has 2 saturated carbocycles. The van der Waals surface area contributed by atoms with Gasteiger partial charge in [-0.05, 0) is 66.8 Å². The van der Waals surface area contributed by atoms with Crippen molar-refractivity contribution in [1.29, 1.82) is 0 Å². The molecule has 0 radical (unpaired) electrons. The van der Waals surface area contributed by atoms with E-state index in [0.717, 1.165) is 12.0 Å². The molecule has 1 aliphatic heterocycles. The average molecular weight is 485 g/mol. The van der Waals surface area contributed by atoms with Gasteiger partial charge >= 0.3 is 5.97 Å². The first-order valence-electron chi connectivity index (χ1n) is 12.6. The van der Waals surface area contributed by atoms with Crippen LogP contribution < -0.4 is 5.32 Å². The summed E-state index contributed by atoms with van der Waals surface area (Å²) in [7, 11) is 0. The highest BCUT2D eigenvalue weighted by atomic mass is 16.5. The summed E-state index contributed by atoms with van der Waals surface area (Å²) in [4.78, 5) is 54.2. The lowest BCUT2D eigenvalue weighted by Crippen LogP contribution is -2.49. The van der Waals surface area contributed by atoms with Gasteiger partial charge in [-0.15, -0.1) is 0 Å². The van der Waals surface area contributed by atoms with Gasteiger partial charge in [0.25, 0.3) is 0 Å². The average Bonchev–Trinajstić information content (AvgIpc) is 3.67. The summed E-state index contributed by atoms with van der Waals surface area (Å²) in [6.07, 6.45) is 5.59. The highest BCUT2D eigenvalue weighted by Gasteiger charge is 2.67. The molecular formula is C29H28N2O5. The molecule has 0 aromatic heterocycles. The number of imide groups is 1. The minimum absolute atomic E-state index is 0.0994. The van der Waals surface area contributed by atoms with Gasteiger partial charge in [-0.2, -0.15) is 0 Å². The number of benzene rings is 2. The first-order valence-corrected chi connectivity index (χ1v) is 12.6. The van der Waals surface area contributed by atoms with Gasteiger partial charge in [0.2, 0.25) is 17.7 Å². The van der Waals surface area contributed by atoms with Crippen LogP contribution in [0.5, 0.6) is 0 Å². The first-order chi connectivity index (χ1) is 17.5. The highest BCUT2D eigenvalue weighted by molar-refractivity contribution is 6.10. The van der Waals surface area contributed by atoms with E-state index in [1.54, 1.807) is 31.2 Å². The zero-order chi connectivity index (χ0) is 25.0. The maximum absolute atomic E-state index is 13.7. The molecule has 5 aliphatic rings. The summed E-state index contributed by atoms with van der Waals surface area (Å²) in [6, 6.07) is 14.9. The fraction of sp³-hybridized carbons (Fsp3) is 0.379. The zero-order valence-corrected chi connectivity index (χ0v) is 20.0. The molecule has 1 heterocycles. The van der Waals surface area contributed by atoms with Gasteiger partial charge in [0.15, 0.2) is 0 Å². The predicted molar refractivity (Wildman–Crippen MR) is 132 cm³/mol. The SMILES string of the molecule is CCOC(=O)c1ccc(NC(=O)[C@H](Cc2ccccc2)N2C(=O)[C@@H]3[C@H]4C=C[C@@H]([C@@H]5C[C@H]45)[C@H]3C2=O)cc1. The summed E-state index contributed by atoms with van der Waals surface area (Å²) < 4.78 is 5.01. The molecule has 2 aromatic rings. The number of amides is 3. The van der Waals surface area contributed by atoms with Gasteiger partial charge in [0, 0.05) is 12.1 Å². The standard InChI is InChI=1S/C29H28N2O5/c1-2-36-29(35)17-8-10-18(11-9-17)30-26(32)23(14-16-6-4-3-5-7-16)31-27(33)24-19-12-13-20(22-15-21(19)22)25(24)28(31)34/h3-13,19-25H,2,14-15H2,1H3,(H,30,32)/t19-,20-,21-,22+,23-,24+,25+/m0/s1. The monoisotopic (exact) mass is 484 g/mol. The Morgan fingerprint density at radius 3 is 2.14 bits per heavy atom. The van der Waals surface area contributed by atoms with Crippen LogP contribution in [0.2, 0.25) is 0 Å². The Hall–Kier alpha value is -3.74. The van der Waals surface area contributed by atoms with Crippen LogP contribution in [0, 0.1) is 35.5 Å². The number of likely N-dealkylation sites (tertiary alicyclic amines) is 1. The molecule has 1 saturated heterocycles. The maximum atomic E-state index is 13.7. The summed E-state index contributed by atoms with van der Waals surface area (Å²) in [6.45, 7) is 2.01. The van der Waals surface area contributed by atoms with Crippen LogP contribution in [-0.2, 0) is 25.5 Å². The van der Waals surface area contributed by atoms with E-state index in [1.807, 2.05) is 30.3 Å². The second kappa shape index (κ2) is 8.73. The highest BCUT2D eigenvalue weighted by Crippen LogP contribution is 2.65. The van der Waals surface area contributed by atoms with Crippen molar-refractivity contribution < 1.29 is 23.9 Å². The van der Waals surface area contributed by atoms with Crippen molar-refractivity contribution in [3.05, 3.63) is 77.9 Å². The molecule has 1 N–H and O–H groups in total. The number of carbonyl (C=O) groups excluding carboxylic acids is 4. The van der Waals surface area contributed by atoms with Gasteiger partial charge < -0.3 is 10.1 Å². The van der Waals surface area contributed by atoms with E-state index in [4.69, 9.17) is 4.74 Å². The van der Waals surface area contributed by atoms with Gasteiger partial charge in [-0.25, -0.2) is 4.79 Å². The summed E-state index contributed by atoms with van der Waals surface area (Å²) in [5.41, 5.74) is 1.73. The van der Waals surface area contributed by atoms with E-state index in [0.29, 0.717) is 23.1 Å². The van der Waals surface area contributed by atoms with Crippen LogP contribution in [0.25, 0.3) is 0 Å². The van der Waals surface area contributed by atoms with Crippen LogP contribution in [0.3, 0.4) is 0 Å². The van der Waals surface area contributed by atoms with E-state index < -0.39 is 17.9 Å². The number of rotatable bonds is 7. The smallest absolute Gasteiger partial charge is 0.338 e. The van der Waals surface area contributed by atoms with E-state index in [-0.39, 0.29) is 48.5 Å². The van der Waals surface area contributed by atoms with Crippen LogP contribution in [0.4, 0.5) is 5.69 Å². The molecule has 4 aliphatic carbocycles. The number of hydrogen-bond acceptors (Lipinski definition) is 5. The fourth-order valence-corrected chi connectivity index (χ4v) is 6.56. The second-order valence-electron chi connectivity index (χ2n) is 10.2. The topological polar surface area (TPSA) is 92.8 Å². The molecule has 0 unspecified atom stereocenters. The number of anilines is 1. The Labute approximate surface area is 209 Å². The first kappa shape index (κ1) is 22.7. The number of carbonyl (C=O) groups is 4. The number of allylic oxidation sites excluding steroid dienone is 2. The normalized spacial score (nSPS) is 30.0. The third kappa shape index (κ3) is 3.65. The molecule has 3 amide bonds. The molecular weight excluding hydrogens is 456 g/mol. The van der Waals surface area contributed by atoms with Crippen molar-refractivity contribution in [1.82, 2.24) is 4.90 Å². The second-order valence-corrected chi connectivity index (χ2v) is 10.2. The maximum Gasteiger partial charge on any atom is 0.338 e. The number of hydrogen-bond donors (Lipinski definition) is 1. The third-order valence-corrected chi connectivity index (χ3v) is 8.25. The molecule has 36 heavy (non-hydrogen) atoms. The number of ether oxygens (including phenoxy) is 1. The molecule has 3 fully saturated rings. The molecule has 7 heteroatoms. The summed E-state index contributed by atoms with van der Waals surface area (Å²) in [5, 5.41) is 2.86. The van der Waals surface area contributed by atoms with E-state index in [2.05, 4.69) is 17.5 Å². The van der Waals surface area contributed by atoms with Crippen molar-refractivity contribution in [3.63, 3.8) is 0 Å². The Morgan fingerprint density at radius 1 is 0.944 bits per heavy atom. The molecule has 2 aromatic carbocycles. The lowest BCUT2D eigenvalue weighted by atomic mass is 9.63. The Kier molecular flexibility index (Phi) is 5.51. The molecule has 0 spiro atoms. The van der Waals surface area contributed by atoms with E-state index in [9.17, 15) is 19.2 Å².